The van der Waals surface area contributed by atoms with Crippen LogP contribution in [0.5, 0.6) is 11.5 Å². The quantitative estimate of drug-likeness (QED) is 0.293. The van der Waals surface area contributed by atoms with E-state index in [4.69, 9.17) is 0 Å². The minimum atomic E-state index is 0. The molecule has 0 bridgehead atoms. The van der Waals surface area contributed by atoms with Crippen molar-refractivity contribution in [3.05, 3.63) is 105 Å². The van der Waals surface area contributed by atoms with E-state index in [0.717, 1.165) is 24.0 Å². The molecule has 0 radical (unpaired) electrons. The Morgan fingerprint density at radius 1 is 0.538 bits per heavy atom. The van der Waals surface area contributed by atoms with Crippen molar-refractivity contribution >= 4 is 0 Å². The first kappa shape index (κ1) is 36.9. The molecule has 4 rings (SSSR count). The molecule has 2 N–H and O–H groups in total. The maximum atomic E-state index is 9.45. The average Bonchev–Trinajstić information content (AvgIpc) is 3.25. The van der Waals surface area contributed by atoms with Crippen molar-refractivity contribution in [1.82, 2.24) is 0 Å². The molecule has 0 unspecified atom stereocenters. The molecule has 39 heavy (non-hydrogen) atoms. The average molecular weight is 606 g/mol. The zero-order chi connectivity index (χ0) is 29.3. The summed E-state index contributed by atoms with van der Waals surface area (Å²) in [6.45, 7) is 25.3. The number of benzene rings is 2. The first-order valence-electron chi connectivity index (χ1n) is 13.5. The van der Waals surface area contributed by atoms with Gasteiger partial charge in [0.05, 0.1) is 0 Å². The van der Waals surface area contributed by atoms with Crippen molar-refractivity contribution in [1.29, 1.82) is 0 Å². The maximum Gasteiger partial charge on any atom is 2.00 e. The van der Waals surface area contributed by atoms with Crippen LogP contribution in [0.25, 0.3) is 0 Å². The standard InChI is InChI=1S/2C10H14O.2C8H11.Zr/c2*1-10(2,3)8-6-4-5-7-9(8)11;2*1-6-4-7(2)8(3)5-6;/h2*4-7,11H,1-3H3;2*4H2,1-3H3;/q;;2*-1;+2. The molecule has 0 saturated heterocycles. The number of allylic oxidation sites excluding steroid dienone is 8. The van der Waals surface area contributed by atoms with E-state index in [1.165, 1.54) is 33.4 Å². The Hall–Kier alpha value is -2.12. The summed E-state index contributed by atoms with van der Waals surface area (Å²) >= 11 is 0. The number of phenolic OH excluding ortho intramolecular Hbond substituents is 2. The molecule has 0 aromatic heterocycles. The van der Waals surface area contributed by atoms with Crippen molar-refractivity contribution in [2.24, 2.45) is 0 Å². The van der Waals surface area contributed by atoms with Crippen LogP contribution in [0.3, 0.4) is 0 Å². The van der Waals surface area contributed by atoms with Crippen LogP contribution in [0, 0.1) is 12.2 Å². The molecular weight excluding hydrogens is 556 g/mol. The van der Waals surface area contributed by atoms with Crippen molar-refractivity contribution < 1.29 is 36.4 Å². The third kappa shape index (κ3) is 13.2. The summed E-state index contributed by atoms with van der Waals surface area (Å²) in [6, 6.07) is 14.9. The fraction of sp³-hybridized carbons (Fsp3) is 0.444. The molecule has 2 aliphatic carbocycles. The van der Waals surface area contributed by atoms with Crippen LogP contribution >= 0.6 is 0 Å². The Kier molecular flexibility index (Phi) is 15.3. The summed E-state index contributed by atoms with van der Waals surface area (Å²) in [5.41, 5.74) is 10.4. The molecule has 210 valence electrons. The van der Waals surface area contributed by atoms with Crippen molar-refractivity contribution in [3.63, 3.8) is 0 Å². The van der Waals surface area contributed by atoms with Crippen LogP contribution in [0.2, 0.25) is 0 Å². The molecule has 0 amide bonds. The predicted molar refractivity (Wildman–Crippen MR) is 164 cm³/mol. The Morgan fingerprint density at radius 2 is 0.821 bits per heavy atom. The van der Waals surface area contributed by atoms with E-state index in [2.05, 4.69) is 95.2 Å². The second-order valence-electron chi connectivity index (χ2n) is 12.5. The van der Waals surface area contributed by atoms with Crippen LogP contribution in [0.1, 0.15) is 107 Å². The predicted octanol–water partition coefficient (Wildman–Crippen LogP) is 10.3. The minimum absolute atomic E-state index is 0. The number of hydrogen-bond acceptors (Lipinski definition) is 2. The summed E-state index contributed by atoms with van der Waals surface area (Å²) in [7, 11) is 0. The Bertz CT molecular complexity index is 1100. The van der Waals surface area contributed by atoms with Gasteiger partial charge in [0.2, 0.25) is 0 Å². The minimum Gasteiger partial charge on any atom is -0.508 e. The molecule has 0 saturated carbocycles. The molecule has 0 aliphatic heterocycles. The largest absolute Gasteiger partial charge is 2.00 e. The van der Waals surface area contributed by atoms with Crippen LogP contribution < -0.4 is 0 Å². The molecule has 0 fully saturated rings. The Morgan fingerprint density at radius 3 is 0.949 bits per heavy atom. The SMILES string of the molecule is CC(C)(C)c1ccccc1O.CC(C)(C)c1ccccc1O.CC1=[C-]C(C)=C(C)C1.CC1=[C-]C(C)=C(C)C1.[Zr+2]. The van der Waals surface area contributed by atoms with E-state index in [1.807, 2.05) is 36.4 Å². The second kappa shape index (κ2) is 16.2. The molecule has 0 spiro atoms. The number of phenols is 2. The van der Waals surface area contributed by atoms with Crippen molar-refractivity contribution in [3.8, 4) is 11.5 Å². The van der Waals surface area contributed by atoms with Gasteiger partial charge in [-0.1, -0.05) is 118 Å². The van der Waals surface area contributed by atoms with Gasteiger partial charge in [-0.25, -0.2) is 34.4 Å². The molecule has 2 aromatic rings. The number of aromatic hydroxyl groups is 2. The summed E-state index contributed by atoms with van der Waals surface area (Å²) in [4.78, 5) is 0. The maximum absolute atomic E-state index is 9.45. The Labute approximate surface area is 258 Å². The number of hydrogen-bond donors (Lipinski definition) is 2. The first-order valence-corrected chi connectivity index (χ1v) is 13.5. The van der Waals surface area contributed by atoms with E-state index < -0.39 is 0 Å². The van der Waals surface area contributed by atoms with Gasteiger partial charge in [-0.3, -0.25) is 0 Å². The Balaban J connectivity index is 0.000000495. The zero-order valence-electron chi connectivity index (χ0n) is 26.4. The monoisotopic (exact) mass is 604 g/mol. The molecule has 0 heterocycles. The van der Waals surface area contributed by atoms with Crippen LogP contribution in [-0.4, -0.2) is 10.2 Å². The molecule has 2 aromatic carbocycles. The third-order valence-electron chi connectivity index (χ3n) is 6.57. The van der Waals surface area contributed by atoms with Gasteiger partial charge in [0.1, 0.15) is 11.5 Å². The van der Waals surface area contributed by atoms with Gasteiger partial charge in [0, 0.05) is 0 Å². The molecular formula is C36H50O2Zr. The topological polar surface area (TPSA) is 40.5 Å². The number of rotatable bonds is 0. The van der Waals surface area contributed by atoms with E-state index in [0.29, 0.717) is 11.5 Å². The van der Waals surface area contributed by atoms with Crippen LogP contribution in [0.15, 0.2) is 82.0 Å². The second-order valence-corrected chi connectivity index (χ2v) is 12.5. The van der Waals surface area contributed by atoms with E-state index in [9.17, 15) is 10.2 Å². The summed E-state index contributed by atoms with van der Waals surface area (Å²) in [5.74, 6) is 0.778. The van der Waals surface area contributed by atoms with Gasteiger partial charge in [0.15, 0.2) is 0 Å². The fourth-order valence-corrected chi connectivity index (χ4v) is 4.22. The van der Waals surface area contributed by atoms with E-state index >= 15 is 0 Å². The van der Waals surface area contributed by atoms with Gasteiger partial charge in [0.25, 0.3) is 0 Å². The zero-order valence-corrected chi connectivity index (χ0v) is 28.9. The molecule has 3 heteroatoms. The molecule has 2 nitrogen and oxygen atoms in total. The van der Waals surface area contributed by atoms with E-state index in [1.54, 1.807) is 12.1 Å². The molecule has 2 aliphatic rings. The summed E-state index contributed by atoms with van der Waals surface area (Å²) in [5, 5.41) is 18.9. The molecule has 0 atom stereocenters. The fourth-order valence-electron chi connectivity index (χ4n) is 4.22. The van der Waals surface area contributed by atoms with Gasteiger partial charge in [-0.15, -0.1) is 13.8 Å². The van der Waals surface area contributed by atoms with Gasteiger partial charge in [-0.2, -0.15) is 11.1 Å². The normalized spacial score (nSPS) is 14.6. The summed E-state index contributed by atoms with van der Waals surface area (Å²) in [6.07, 6.45) is 8.81. The van der Waals surface area contributed by atoms with Gasteiger partial charge < -0.3 is 10.2 Å². The van der Waals surface area contributed by atoms with Crippen molar-refractivity contribution in [2.45, 2.75) is 107 Å². The van der Waals surface area contributed by atoms with Gasteiger partial charge in [-0.05, 0) is 34.1 Å². The summed E-state index contributed by atoms with van der Waals surface area (Å²) < 4.78 is 0. The van der Waals surface area contributed by atoms with Crippen molar-refractivity contribution in [2.75, 3.05) is 0 Å². The van der Waals surface area contributed by atoms with Crippen LogP contribution in [-0.2, 0) is 37.0 Å². The smallest absolute Gasteiger partial charge is 0.508 e. The first-order chi connectivity index (χ1) is 17.4. The van der Waals surface area contributed by atoms with Crippen LogP contribution in [0.4, 0.5) is 0 Å². The number of para-hydroxylation sites is 2. The van der Waals surface area contributed by atoms with E-state index in [-0.39, 0.29) is 37.0 Å². The third-order valence-corrected chi connectivity index (χ3v) is 6.57. The van der Waals surface area contributed by atoms with Gasteiger partial charge >= 0.3 is 26.2 Å².